The normalized spacial score (nSPS) is 12.7. The van der Waals surface area contributed by atoms with Crippen molar-refractivity contribution in [2.45, 2.75) is 6.42 Å². The maximum Gasteiger partial charge on any atom is 0.195 e. The summed E-state index contributed by atoms with van der Waals surface area (Å²) in [4.78, 5) is 47.4. The highest BCUT2D eigenvalue weighted by atomic mass is 16.5. The Bertz CT molecular complexity index is 7850. The van der Waals surface area contributed by atoms with Crippen LogP contribution in [0.5, 0.6) is 11.5 Å². The number of benzene rings is 17. The van der Waals surface area contributed by atoms with Crippen molar-refractivity contribution in [1.29, 1.82) is 0 Å². The van der Waals surface area contributed by atoms with Crippen molar-refractivity contribution in [1.82, 2.24) is 0 Å². The third kappa shape index (κ3) is 17.9. The van der Waals surface area contributed by atoms with Crippen molar-refractivity contribution in [3.8, 4) is 70.7 Å². The quantitative estimate of drug-likeness (QED) is 0.0905. The maximum absolute atomic E-state index is 16.0. The van der Waals surface area contributed by atoms with Gasteiger partial charge in [0.1, 0.15) is 11.5 Å². The van der Waals surface area contributed by atoms with Crippen LogP contribution in [0.4, 0.5) is 0 Å². The van der Waals surface area contributed by atoms with E-state index in [1.807, 2.05) is 388 Å². The molecule has 0 spiro atoms. The highest BCUT2D eigenvalue weighted by Gasteiger charge is 2.39. The summed E-state index contributed by atoms with van der Waals surface area (Å²) >= 11 is 0. The van der Waals surface area contributed by atoms with Crippen LogP contribution in [0.1, 0.15) is 134 Å². The van der Waals surface area contributed by atoms with Gasteiger partial charge in [-0.3, -0.25) is 14.4 Å². The lowest BCUT2D eigenvalue weighted by Crippen LogP contribution is -2.02. The average molecular weight is 1680 g/mol. The van der Waals surface area contributed by atoms with Crippen molar-refractivity contribution in [3.05, 3.63) is 595 Å². The second-order valence-corrected chi connectivity index (χ2v) is 32.3. The first kappa shape index (κ1) is 82.1. The van der Waals surface area contributed by atoms with Gasteiger partial charge in [0.2, 0.25) is 0 Å². The number of ketones is 3. The van der Waals surface area contributed by atoms with Crippen LogP contribution in [-0.4, -0.2) is 17.3 Å². The lowest BCUT2D eigenvalue weighted by molar-refractivity contribution is -0.109. The average Bonchev–Trinajstić information content (AvgIpc) is 1.59. The summed E-state index contributed by atoms with van der Waals surface area (Å²) in [5.74, 6) is 34.1. The molecule has 0 aliphatic heterocycles. The number of carbonyl (C=O) groups is 3. The van der Waals surface area contributed by atoms with Crippen molar-refractivity contribution < 1.29 is 19.1 Å². The third-order valence-corrected chi connectivity index (χ3v) is 23.7. The van der Waals surface area contributed by atoms with Crippen LogP contribution in [-0.2, 0) is 20.8 Å². The number of rotatable bonds is 16. The van der Waals surface area contributed by atoms with E-state index in [0.717, 1.165) is 167 Å². The van der Waals surface area contributed by atoms with Gasteiger partial charge >= 0.3 is 0 Å². The monoisotopic (exact) mass is 1680 g/mol. The molecule has 0 radical (unpaired) electrons. The SMILES string of the molecule is O=C1C(c2ccc(C#Cc3ccccc3)cc2)=C(c2ccc(C#Cc3ccccc3)cc2)C(c2ccc(Cc3ccc(C4=C(c5ccc(C#Cc6ccccc6)cc5)C(=O)C(c5ccccc5)=C4c4ccc(Oc5ccc(C6=C(c7ccccc7)C(=O)C(c7ccc(C#Cc8ccccc8)cc7)=C6c6ccc(C#Cc7ccccc7)cc6)cc5)cc4)cc3)cc2)=C1c1ccccc1. The Morgan fingerprint density at radius 3 is 0.455 bits per heavy atom. The molecule has 0 unspecified atom stereocenters. The zero-order valence-corrected chi connectivity index (χ0v) is 71.7. The Morgan fingerprint density at radius 2 is 0.273 bits per heavy atom. The molecule has 17 aromatic rings. The van der Waals surface area contributed by atoms with Gasteiger partial charge in [-0.1, -0.05) is 375 Å². The topological polar surface area (TPSA) is 60.4 Å². The second kappa shape index (κ2) is 37.9. The Morgan fingerprint density at radius 1 is 0.136 bits per heavy atom. The standard InChI is InChI=1S/C128H78O4/c129-126-120(100-35-19-6-20-36-100)114(115(103-65-51-93(52-66-103)46-41-88-25-9-1-10-26-88)123(126)109-69-55-95(56-70-109)48-43-90-29-13-3-14-30-90)105-75-61-98(62-76-105)87-99-63-77-106(78-64-99)117-119(122(102-39-23-8-24-40-102)128(131)125(117)111-73-59-97(60-74-111)50-45-92-33-17-5-18-34-92)108-81-85-113(86-82-108)132-112-83-79-107(80-84-112)118-116(104-67-53-94(54-68-104)47-42-89-27-11-2-12-28-89)124(127(130)121(118)101-37-21-7-22-38-101)110-71-57-96(58-72-110)49-44-91-31-15-4-16-32-91/h1-40,51-86H,87H2. The highest BCUT2D eigenvalue weighted by molar-refractivity contribution is 6.61. The summed E-state index contributed by atoms with van der Waals surface area (Å²) in [5.41, 5.74) is 29.3. The van der Waals surface area contributed by atoms with E-state index >= 15 is 14.4 Å². The van der Waals surface area contributed by atoms with Crippen molar-refractivity contribution >= 4 is 84.2 Å². The van der Waals surface area contributed by atoms with Gasteiger partial charge in [0.25, 0.3) is 0 Å². The molecule has 20 rings (SSSR count). The molecule has 4 nitrogen and oxygen atoms in total. The van der Waals surface area contributed by atoms with Gasteiger partial charge in [-0.25, -0.2) is 0 Å². The number of Topliss-reactive ketones (excluding diaryl/α,β-unsaturated/α-hetero) is 3. The molecule has 132 heavy (non-hydrogen) atoms. The fourth-order valence-electron chi connectivity index (χ4n) is 17.3. The minimum atomic E-state index is -0.0990. The summed E-state index contributed by atoms with van der Waals surface area (Å²) in [6.07, 6.45) is 0.593. The van der Waals surface area contributed by atoms with Gasteiger partial charge in [-0.05, 0) is 230 Å². The van der Waals surface area contributed by atoms with E-state index in [1.54, 1.807) is 0 Å². The molecule has 0 aromatic heterocycles. The molecule has 0 N–H and O–H groups in total. The predicted octanol–water partition coefficient (Wildman–Crippen LogP) is 27.4. The summed E-state index contributed by atoms with van der Waals surface area (Å²) in [7, 11) is 0. The van der Waals surface area contributed by atoms with Gasteiger partial charge in [0, 0.05) is 123 Å². The van der Waals surface area contributed by atoms with Crippen LogP contribution in [0.3, 0.4) is 0 Å². The van der Waals surface area contributed by atoms with Crippen molar-refractivity contribution in [3.63, 3.8) is 0 Å². The number of carbonyl (C=O) groups excluding carboxylic acids is 3. The first-order valence-corrected chi connectivity index (χ1v) is 43.9. The molecule has 0 saturated carbocycles. The molecule has 0 saturated heterocycles. The molecular weight excluding hydrogens is 1600 g/mol. The lowest BCUT2D eigenvalue weighted by Gasteiger charge is -2.16. The molecular formula is C128H78O4. The molecule has 0 amide bonds. The van der Waals surface area contributed by atoms with Crippen LogP contribution in [0.25, 0.3) is 66.9 Å². The fourth-order valence-corrected chi connectivity index (χ4v) is 17.3. The summed E-state index contributed by atoms with van der Waals surface area (Å²) in [6.45, 7) is 0. The van der Waals surface area contributed by atoms with E-state index in [-0.39, 0.29) is 17.3 Å². The molecule has 4 heteroatoms. The fraction of sp³-hybridized carbons (Fsp3) is 0.00781. The predicted molar refractivity (Wildman–Crippen MR) is 538 cm³/mol. The Kier molecular flexibility index (Phi) is 23.6. The first-order valence-electron chi connectivity index (χ1n) is 43.9. The zero-order chi connectivity index (χ0) is 88.9. The van der Waals surface area contributed by atoms with Gasteiger partial charge in [-0.15, -0.1) is 0 Å². The minimum absolute atomic E-state index is 0.0632. The van der Waals surface area contributed by atoms with Gasteiger partial charge in [-0.2, -0.15) is 0 Å². The van der Waals surface area contributed by atoms with E-state index in [0.29, 0.717) is 51.4 Å². The summed E-state index contributed by atoms with van der Waals surface area (Å²) in [6, 6.07) is 153. The van der Waals surface area contributed by atoms with Crippen LogP contribution < -0.4 is 4.74 Å². The van der Waals surface area contributed by atoms with E-state index in [1.165, 1.54) is 0 Å². The summed E-state index contributed by atoms with van der Waals surface area (Å²) in [5, 5.41) is 0. The van der Waals surface area contributed by atoms with E-state index in [4.69, 9.17) is 4.74 Å². The third-order valence-electron chi connectivity index (χ3n) is 23.7. The molecule has 3 aliphatic rings. The van der Waals surface area contributed by atoms with Crippen LogP contribution >= 0.6 is 0 Å². The van der Waals surface area contributed by atoms with Crippen molar-refractivity contribution in [2.75, 3.05) is 0 Å². The van der Waals surface area contributed by atoms with Gasteiger partial charge < -0.3 is 4.74 Å². The minimum Gasteiger partial charge on any atom is -0.457 e. The van der Waals surface area contributed by atoms with Crippen LogP contribution in [0, 0.1) is 59.2 Å². The molecule has 0 atom stereocenters. The smallest absolute Gasteiger partial charge is 0.195 e. The lowest BCUT2D eigenvalue weighted by atomic mass is 9.87. The van der Waals surface area contributed by atoms with E-state index < -0.39 is 0 Å². The van der Waals surface area contributed by atoms with Gasteiger partial charge in [0.15, 0.2) is 17.3 Å². The number of hydrogen-bond donors (Lipinski definition) is 0. The number of hydrogen-bond acceptors (Lipinski definition) is 4. The largest absolute Gasteiger partial charge is 0.457 e. The first-order chi connectivity index (χ1) is 65.2. The molecule has 0 heterocycles. The molecule has 614 valence electrons. The van der Waals surface area contributed by atoms with E-state index in [2.05, 4.69) is 132 Å². The summed E-state index contributed by atoms with van der Waals surface area (Å²) < 4.78 is 6.83. The van der Waals surface area contributed by atoms with Gasteiger partial charge in [0.05, 0.1) is 0 Å². The highest BCUT2D eigenvalue weighted by Crippen LogP contribution is 2.54. The maximum atomic E-state index is 16.0. The van der Waals surface area contributed by atoms with Crippen molar-refractivity contribution in [2.24, 2.45) is 0 Å². The molecule has 0 fully saturated rings. The van der Waals surface area contributed by atoms with Crippen LogP contribution in [0.15, 0.2) is 461 Å². The molecule has 17 aromatic carbocycles. The Balaban J connectivity index is 0.634. The Hall–Kier alpha value is -18.2. The molecule has 3 aliphatic carbocycles. The zero-order valence-electron chi connectivity index (χ0n) is 71.7. The number of allylic oxidation sites excluding steroid dienone is 12. The van der Waals surface area contributed by atoms with E-state index in [9.17, 15) is 0 Å². The molecule has 0 bridgehead atoms. The van der Waals surface area contributed by atoms with Crippen LogP contribution in [0.2, 0.25) is 0 Å². The Labute approximate surface area is 769 Å². The second-order valence-electron chi connectivity index (χ2n) is 32.3. The number of ether oxygens (including phenoxy) is 1.